The average Bonchev–Trinajstić information content (AvgIpc) is 3.16. The molecule has 1 saturated heterocycles. The van der Waals surface area contributed by atoms with Crippen molar-refractivity contribution in [2.24, 2.45) is 5.92 Å². The number of nitrogens with zero attached hydrogens (tertiary/aromatic N) is 5. The third-order valence-electron chi connectivity index (χ3n) is 6.19. The van der Waals surface area contributed by atoms with Crippen molar-refractivity contribution in [3.05, 3.63) is 60.8 Å². The number of nitrogens with one attached hydrogen (secondary N) is 1. The molecule has 0 bridgehead atoms. The van der Waals surface area contributed by atoms with Gasteiger partial charge in [-0.1, -0.05) is 0 Å². The molecule has 3 aromatic heterocycles. The van der Waals surface area contributed by atoms with Crippen LogP contribution in [0.4, 0.5) is 20.8 Å². The zero-order valence-corrected chi connectivity index (χ0v) is 17.4. The number of carbonyl (C=O) groups is 1. The van der Waals surface area contributed by atoms with Crippen molar-refractivity contribution in [2.45, 2.75) is 31.3 Å². The van der Waals surface area contributed by atoms with E-state index in [-0.39, 0.29) is 11.9 Å². The van der Waals surface area contributed by atoms with Gasteiger partial charge in [0, 0.05) is 30.7 Å². The molecule has 1 aliphatic heterocycles. The third kappa shape index (κ3) is 4.10. The van der Waals surface area contributed by atoms with Crippen molar-refractivity contribution in [2.75, 3.05) is 23.3 Å². The summed E-state index contributed by atoms with van der Waals surface area (Å²) in [7, 11) is 0. The molecule has 0 radical (unpaired) electrons. The van der Waals surface area contributed by atoms with E-state index < -0.39 is 5.60 Å². The van der Waals surface area contributed by atoms with Gasteiger partial charge in [0.2, 0.25) is 0 Å². The van der Waals surface area contributed by atoms with Gasteiger partial charge in [-0.25, -0.2) is 14.2 Å². The number of amides is 1. The highest BCUT2D eigenvalue weighted by Gasteiger charge is 2.48. The summed E-state index contributed by atoms with van der Waals surface area (Å²) in [6.07, 6.45) is 7.95. The lowest BCUT2D eigenvalue weighted by Gasteiger charge is -2.35. The lowest BCUT2D eigenvalue weighted by Crippen LogP contribution is -2.39. The predicted molar refractivity (Wildman–Crippen MR) is 116 cm³/mol. The molecule has 5 rings (SSSR count). The molecule has 8 nitrogen and oxygen atoms in total. The van der Waals surface area contributed by atoms with Crippen LogP contribution in [0, 0.1) is 11.7 Å². The van der Waals surface area contributed by atoms with E-state index in [1.54, 1.807) is 41.7 Å². The second kappa shape index (κ2) is 8.49. The van der Waals surface area contributed by atoms with Crippen LogP contribution in [0.25, 0.3) is 11.3 Å². The molecule has 0 aromatic carbocycles. The molecule has 3 aromatic rings. The quantitative estimate of drug-likeness (QED) is 0.647. The Hall–Kier alpha value is -3.62. The van der Waals surface area contributed by atoms with Crippen LogP contribution in [0.2, 0.25) is 0 Å². The first kappa shape index (κ1) is 20.3. The molecule has 1 N–H and O–H groups in total. The van der Waals surface area contributed by atoms with E-state index >= 15 is 0 Å². The number of pyridine rings is 2. The van der Waals surface area contributed by atoms with E-state index in [1.165, 1.54) is 6.07 Å². The van der Waals surface area contributed by atoms with Crippen LogP contribution < -0.4 is 10.2 Å². The Bertz CT molecular complexity index is 1090. The molecule has 1 amide bonds. The van der Waals surface area contributed by atoms with Gasteiger partial charge in [0.05, 0.1) is 6.54 Å². The van der Waals surface area contributed by atoms with E-state index in [0.29, 0.717) is 29.5 Å². The number of carbonyl (C=O) groups excluding carboxylic acids is 1. The number of ether oxygens (including phenoxy) is 1. The second-order valence-electron chi connectivity index (χ2n) is 8.31. The highest BCUT2D eigenvalue weighted by atomic mass is 19.1. The highest BCUT2D eigenvalue weighted by Crippen LogP contribution is 2.40. The van der Waals surface area contributed by atoms with Crippen LogP contribution >= 0.6 is 0 Å². The summed E-state index contributed by atoms with van der Waals surface area (Å²) in [6.45, 7) is 1.29. The number of anilines is 2. The fourth-order valence-electron chi connectivity index (χ4n) is 4.39. The normalized spacial score (nSPS) is 22.7. The summed E-state index contributed by atoms with van der Waals surface area (Å²) < 4.78 is 19.7. The summed E-state index contributed by atoms with van der Waals surface area (Å²) in [5.41, 5.74) is 0.493. The fourth-order valence-corrected chi connectivity index (χ4v) is 4.39. The van der Waals surface area contributed by atoms with Crippen LogP contribution in [0.5, 0.6) is 0 Å². The minimum absolute atomic E-state index is 0.297. The summed E-state index contributed by atoms with van der Waals surface area (Å²) in [4.78, 5) is 22.4. The SMILES string of the molecule is O=C1O[C@]2(CC[C@H](CNc3ccc(-c4ncccc4F)cn3)CC2)CN1c1cccnn1. The maximum absolute atomic E-state index is 13.9. The van der Waals surface area contributed by atoms with Crippen LogP contribution in [0.3, 0.4) is 0 Å². The van der Waals surface area contributed by atoms with Gasteiger partial charge in [-0.05, 0) is 68.0 Å². The van der Waals surface area contributed by atoms with E-state index in [0.717, 1.165) is 38.0 Å². The minimum Gasteiger partial charge on any atom is -0.441 e. The molecular formula is C23H23FN6O2. The number of halogens is 1. The molecule has 4 heterocycles. The zero-order chi connectivity index (χ0) is 22.0. The first-order chi connectivity index (χ1) is 15.6. The summed E-state index contributed by atoms with van der Waals surface area (Å²) in [5, 5.41) is 11.3. The lowest BCUT2D eigenvalue weighted by atomic mass is 9.78. The largest absolute Gasteiger partial charge is 0.441 e. The standard InChI is InChI=1S/C23H23FN6O2/c24-18-3-1-11-25-21(18)17-5-6-19(27-14-17)26-13-16-7-9-23(10-8-16)15-30(22(31)32-23)20-4-2-12-28-29-20/h1-6,11-12,14,16H,7-10,13,15H2,(H,26,27)/t16-,23-. The number of hydrogen-bond acceptors (Lipinski definition) is 7. The molecule has 9 heteroatoms. The van der Waals surface area contributed by atoms with Gasteiger partial charge in [0.15, 0.2) is 5.82 Å². The van der Waals surface area contributed by atoms with Crippen LogP contribution in [0.15, 0.2) is 55.0 Å². The van der Waals surface area contributed by atoms with Crippen LogP contribution in [0.1, 0.15) is 25.7 Å². The van der Waals surface area contributed by atoms with E-state index in [9.17, 15) is 9.18 Å². The monoisotopic (exact) mass is 434 g/mol. The lowest BCUT2D eigenvalue weighted by molar-refractivity contribution is 0.0148. The molecule has 1 spiro atoms. The van der Waals surface area contributed by atoms with Gasteiger partial charge in [0.25, 0.3) is 0 Å². The maximum Gasteiger partial charge on any atom is 0.416 e. The van der Waals surface area contributed by atoms with E-state index in [2.05, 4.69) is 25.5 Å². The van der Waals surface area contributed by atoms with E-state index in [4.69, 9.17) is 4.74 Å². The zero-order valence-electron chi connectivity index (χ0n) is 17.4. The minimum atomic E-state index is -0.447. The molecule has 0 unspecified atom stereocenters. The molecule has 1 saturated carbocycles. The highest BCUT2D eigenvalue weighted by molar-refractivity contribution is 5.89. The van der Waals surface area contributed by atoms with Crippen molar-refractivity contribution in [1.29, 1.82) is 0 Å². The third-order valence-corrected chi connectivity index (χ3v) is 6.19. The van der Waals surface area contributed by atoms with Crippen LogP contribution in [-0.2, 0) is 4.74 Å². The first-order valence-electron chi connectivity index (χ1n) is 10.7. The molecule has 2 aliphatic rings. The van der Waals surface area contributed by atoms with Gasteiger partial charge >= 0.3 is 6.09 Å². The molecule has 2 fully saturated rings. The molecule has 1 aliphatic carbocycles. The van der Waals surface area contributed by atoms with E-state index in [1.807, 2.05) is 12.1 Å². The van der Waals surface area contributed by atoms with Gasteiger partial charge in [-0.3, -0.25) is 9.88 Å². The Balaban J connectivity index is 1.14. The van der Waals surface area contributed by atoms with Crippen molar-refractivity contribution in [3.8, 4) is 11.3 Å². The van der Waals surface area contributed by atoms with Crippen molar-refractivity contribution >= 4 is 17.7 Å². The Morgan fingerprint density at radius 1 is 1.12 bits per heavy atom. The molecular weight excluding hydrogens is 411 g/mol. The van der Waals surface area contributed by atoms with Gasteiger partial charge in [-0.15, -0.1) is 5.10 Å². The maximum atomic E-state index is 13.9. The summed E-state index contributed by atoms with van der Waals surface area (Å²) >= 11 is 0. The Morgan fingerprint density at radius 3 is 2.69 bits per heavy atom. The van der Waals surface area contributed by atoms with Gasteiger partial charge in [0.1, 0.15) is 22.9 Å². The van der Waals surface area contributed by atoms with Crippen molar-refractivity contribution < 1.29 is 13.9 Å². The number of hydrogen-bond donors (Lipinski definition) is 1. The predicted octanol–water partition coefficient (Wildman–Crippen LogP) is 4.07. The summed E-state index contributed by atoms with van der Waals surface area (Å²) in [5.74, 6) is 1.36. The van der Waals surface area contributed by atoms with Gasteiger partial charge in [-0.2, -0.15) is 5.10 Å². The molecule has 0 atom stereocenters. The van der Waals surface area contributed by atoms with Crippen molar-refractivity contribution in [1.82, 2.24) is 20.2 Å². The molecule has 32 heavy (non-hydrogen) atoms. The summed E-state index contributed by atoms with van der Waals surface area (Å²) in [6, 6.07) is 10.1. The number of aromatic nitrogens is 4. The fraction of sp³-hybridized carbons (Fsp3) is 0.348. The Kier molecular flexibility index (Phi) is 5.38. The van der Waals surface area contributed by atoms with Crippen LogP contribution in [-0.4, -0.2) is 44.9 Å². The average molecular weight is 434 g/mol. The Labute approximate surface area is 184 Å². The smallest absolute Gasteiger partial charge is 0.416 e. The van der Waals surface area contributed by atoms with Gasteiger partial charge < -0.3 is 10.1 Å². The Morgan fingerprint density at radius 2 is 1.97 bits per heavy atom. The number of rotatable bonds is 5. The first-order valence-corrected chi connectivity index (χ1v) is 10.7. The topological polar surface area (TPSA) is 93.1 Å². The molecule has 164 valence electrons. The second-order valence-corrected chi connectivity index (χ2v) is 8.31. The van der Waals surface area contributed by atoms with Crippen molar-refractivity contribution in [3.63, 3.8) is 0 Å².